The first-order valence-electron chi connectivity index (χ1n) is 9.82. The van der Waals surface area contributed by atoms with Gasteiger partial charge in [0.1, 0.15) is 12.2 Å². The van der Waals surface area contributed by atoms with Crippen molar-refractivity contribution in [2.24, 2.45) is 0 Å². The highest BCUT2D eigenvalue weighted by Gasteiger charge is 2.28. The molecular weight excluding hydrogens is 392 g/mol. The Morgan fingerprint density at radius 2 is 1.73 bits per heavy atom. The lowest BCUT2D eigenvalue weighted by atomic mass is 10.0. The van der Waals surface area contributed by atoms with Crippen LogP contribution in [0.2, 0.25) is 0 Å². The minimum atomic E-state index is -1.53. The first kappa shape index (κ1) is 25.2. The largest absolute Gasteiger partial charge is 0.467 e. The summed E-state index contributed by atoms with van der Waals surface area (Å²) in [5.41, 5.74) is 0.232. The average molecular weight is 424 g/mol. The number of aliphatic hydroxyl groups is 1. The van der Waals surface area contributed by atoms with Gasteiger partial charge in [-0.1, -0.05) is 30.3 Å². The molecule has 1 unspecified atom stereocenters. The number of hydrogen-bond donors (Lipinski definition) is 3. The van der Waals surface area contributed by atoms with Gasteiger partial charge >= 0.3 is 18.2 Å². The Hall–Kier alpha value is -2.81. The van der Waals surface area contributed by atoms with Crippen LogP contribution in [0.25, 0.3) is 0 Å². The number of rotatable bonds is 10. The third-order valence-corrected chi connectivity index (χ3v) is 3.95. The van der Waals surface area contributed by atoms with Crippen molar-refractivity contribution in [1.82, 2.24) is 10.6 Å². The number of unbranched alkanes of at least 4 members (excludes halogenated alkanes) is 1. The molecular formula is C21H32N2O7. The molecule has 2 amide bonds. The highest BCUT2D eigenvalue weighted by atomic mass is 16.6. The van der Waals surface area contributed by atoms with Crippen LogP contribution in [0.1, 0.15) is 45.6 Å². The molecule has 1 rings (SSSR count). The molecule has 0 heterocycles. The number of nitrogens with one attached hydrogen (secondary N) is 2. The zero-order valence-electron chi connectivity index (χ0n) is 18.0. The molecule has 0 saturated heterocycles. The molecule has 1 aromatic rings. The minimum Gasteiger partial charge on any atom is -0.467 e. The van der Waals surface area contributed by atoms with Crippen molar-refractivity contribution in [2.75, 3.05) is 13.7 Å². The summed E-state index contributed by atoms with van der Waals surface area (Å²) in [6, 6.07) is 8.24. The van der Waals surface area contributed by atoms with E-state index in [1.807, 2.05) is 30.3 Å². The van der Waals surface area contributed by atoms with Gasteiger partial charge in [-0.05, 0) is 45.6 Å². The van der Waals surface area contributed by atoms with Gasteiger partial charge in [0.2, 0.25) is 0 Å². The van der Waals surface area contributed by atoms with Crippen LogP contribution < -0.4 is 10.6 Å². The summed E-state index contributed by atoms with van der Waals surface area (Å²) in [7, 11) is 1.15. The standard InChI is InChI=1S/C21H32N2O7/c1-21(2,3)30-19(26)22-13-9-8-12-16(17(24)18(25)28-4)23-20(27)29-14-15-10-6-5-7-11-15/h5-7,10-11,16-17,24H,8-9,12-14H2,1-4H3,(H,22,26)(H,23,27)/t16-,17?/m0/s1. The van der Waals surface area contributed by atoms with Crippen molar-refractivity contribution < 1.29 is 33.7 Å². The van der Waals surface area contributed by atoms with E-state index in [1.165, 1.54) is 0 Å². The first-order valence-corrected chi connectivity index (χ1v) is 9.82. The van der Waals surface area contributed by atoms with Gasteiger partial charge in [0, 0.05) is 6.54 Å². The van der Waals surface area contributed by atoms with Crippen LogP contribution in [-0.4, -0.2) is 54.7 Å². The van der Waals surface area contributed by atoms with Crippen LogP contribution in [0.4, 0.5) is 9.59 Å². The van der Waals surface area contributed by atoms with E-state index in [2.05, 4.69) is 15.4 Å². The van der Waals surface area contributed by atoms with Crippen LogP contribution >= 0.6 is 0 Å². The summed E-state index contributed by atoms with van der Waals surface area (Å²) in [6.07, 6.45) is -1.43. The molecule has 0 radical (unpaired) electrons. The van der Waals surface area contributed by atoms with Crippen LogP contribution in [0.3, 0.4) is 0 Å². The van der Waals surface area contributed by atoms with E-state index in [1.54, 1.807) is 20.8 Å². The Balaban J connectivity index is 2.46. The lowest BCUT2D eigenvalue weighted by Crippen LogP contribution is -2.47. The second-order valence-corrected chi connectivity index (χ2v) is 7.71. The topological polar surface area (TPSA) is 123 Å². The Morgan fingerprint density at radius 3 is 2.33 bits per heavy atom. The zero-order chi connectivity index (χ0) is 22.6. The van der Waals surface area contributed by atoms with Gasteiger partial charge in [0.05, 0.1) is 13.2 Å². The maximum absolute atomic E-state index is 12.1. The molecule has 0 aliphatic carbocycles. The van der Waals surface area contributed by atoms with E-state index in [0.29, 0.717) is 19.4 Å². The number of hydrogen-bond acceptors (Lipinski definition) is 7. The minimum absolute atomic E-state index is 0.0630. The number of carbonyl (C=O) groups is 3. The predicted octanol–water partition coefficient (Wildman–Crippen LogP) is 2.51. The quantitative estimate of drug-likeness (QED) is 0.300. The van der Waals surface area contributed by atoms with Crippen LogP contribution in [0.15, 0.2) is 30.3 Å². The monoisotopic (exact) mass is 424 g/mol. The number of methoxy groups -OCH3 is 1. The number of carbonyl (C=O) groups excluding carboxylic acids is 3. The second-order valence-electron chi connectivity index (χ2n) is 7.71. The smallest absolute Gasteiger partial charge is 0.407 e. The Bertz CT molecular complexity index is 674. The third kappa shape index (κ3) is 10.7. The van der Waals surface area contributed by atoms with Gasteiger partial charge < -0.3 is 30.0 Å². The molecule has 9 heteroatoms. The number of esters is 1. The molecule has 9 nitrogen and oxygen atoms in total. The molecule has 3 N–H and O–H groups in total. The maximum Gasteiger partial charge on any atom is 0.407 e. The third-order valence-electron chi connectivity index (χ3n) is 3.95. The number of alkyl carbamates (subject to hydrolysis) is 2. The molecule has 0 bridgehead atoms. The molecule has 0 spiro atoms. The van der Waals surface area contributed by atoms with Crippen molar-refractivity contribution >= 4 is 18.2 Å². The number of amides is 2. The number of benzene rings is 1. The highest BCUT2D eigenvalue weighted by Crippen LogP contribution is 2.09. The van der Waals surface area contributed by atoms with E-state index in [4.69, 9.17) is 9.47 Å². The first-order chi connectivity index (χ1) is 14.1. The molecule has 0 fully saturated rings. The summed E-state index contributed by atoms with van der Waals surface area (Å²) >= 11 is 0. The zero-order valence-corrected chi connectivity index (χ0v) is 18.0. The second kappa shape index (κ2) is 12.7. The number of ether oxygens (including phenoxy) is 3. The lowest BCUT2D eigenvalue weighted by Gasteiger charge is -2.22. The summed E-state index contributed by atoms with van der Waals surface area (Å²) in [4.78, 5) is 35.4. The van der Waals surface area contributed by atoms with E-state index in [0.717, 1.165) is 12.7 Å². The maximum atomic E-state index is 12.1. The fraction of sp³-hybridized carbons (Fsp3) is 0.571. The summed E-state index contributed by atoms with van der Waals surface area (Å²) in [5.74, 6) is -0.852. The SMILES string of the molecule is COC(=O)C(O)[C@H](CCCCNC(=O)OC(C)(C)C)NC(=O)OCc1ccccc1. The van der Waals surface area contributed by atoms with Crippen LogP contribution in [-0.2, 0) is 25.6 Å². The number of aliphatic hydroxyl groups excluding tert-OH is 1. The molecule has 0 saturated carbocycles. The van der Waals surface area contributed by atoms with Crippen molar-refractivity contribution in [3.63, 3.8) is 0 Å². The van der Waals surface area contributed by atoms with Crippen molar-refractivity contribution in [1.29, 1.82) is 0 Å². The van der Waals surface area contributed by atoms with Gasteiger partial charge in [-0.3, -0.25) is 0 Å². The normalized spacial score (nSPS) is 13.0. The Labute approximate surface area is 177 Å². The van der Waals surface area contributed by atoms with Crippen LogP contribution in [0, 0.1) is 0 Å². The van der Waals surface area contributed by atoms with Gasteiger partial charge in [-0.2, -0.15) is 0 Å². The molecule has 168 valence electrons. The van der Waals surface area contributed by atoms with Crippen molar-refractivity contribution in [3.8, 4) is 0 Å². The molecule has 0 aliphatic heterocycles. The predicted molar refractivity (Wildman–Crippen MR) is 110 cm³/mol. The highest BCUT2D eigenvalue weighted by molar-refractivity contribution is 5.76. The summed E-state index contributed by atoms with van der Waals surface area (Å²) in [5, 5.41) is 15.3. The molecule has 0 aromatic heterocycles. The Kier molecular flexibility index (Phi) is 10.7. The Morgan fingerprint density at radius 1 is 1.07 bits per heavy atom. The molecule has 1 aromatic carbocycles. The molecule has 30 heavy (non-hydrogen) atoms. The molecule has 2 atom stereocenters. The van der Waals surface area contributed by atoms with Gasteiger partial charge in [-0.15, -0.1) is 0 Å². The lowest BCUT2D eigenvalue weighted by molar-refractivity contribution is -0.152. The van der Waals surface area contributed by atoms with Gasteiger partial charge in [0.25, 0.3) is 0 Å². The average Bonchev–Trinajstić information content (AvgIpc) is 2.69. The van der Waals surface area contributed by atoms with Crippen LogP contribution in [0.5, 0.6) is 0 Å². The van der Waals surface area contributed by atoms with Gasteiger partial charge in [-0.25, -0.2) is 14.4 Å². The fourth-order valence-electron chi connectivity index (χ4n) is 2.50. The van der Waals surface area contributed by atoms with Gasteiger partial charge in [0.15, 0.2) is 6.10 Å². The van der Waals surface area contributed by atoms with E-state index >= 15 is 0 Å². The van der Waals surface area contributed by atoms with Crippen molar-refractivity contribution in [3.05, 3.63) is 35.9 Å². The summed E-state index contributed by atoms with van der Waals surface area (Å²) < 4.78 is 14.8. The van der Waals surface area contributed by atoms with E-state index in [-0.39, 0.29) is 13.0 Å². The summed E-state index contributed by atoms with van der Waals surface area (Å²) in [6.45, 7) is 5.73. The van der Waals surface area contributed by atoms with E-state index < -0.39 is 35.9 Å². The van der Waals surface area contributed by atoms with E-state index in [9.17, 15) is 19.5 Å². The fourth-order valence-corrected chi connectivity index (χ4v) is 2.50. The van der Waals surface area contributed by atoms with Crippen molar-refractivity contribution in [2.45, 2.75) is 64.4 Å². The molecule has 0 aliphatic rings.